The third-order valence-electron chi connectivity index (χ3n) is 6.54. The molecule has 0 radical (unpaired) electrons. The zero-order valence-corrected chi connectivity index (χ0v) is 19.4. The molecule has 2 unspecified atom stereocenters. The average Bonchev–Trinajstić information content (AvgIpc) is 2.93. The van der Waals surface area contributed by atoms with Crippen LogP contribution in [-0.4, -0.2) is 36.6 Å². The first kappa shape index (κ1) is 20.9. The summed E-state index contributed by atoms with van der Waals surface area (Å²) in [5.74, 6) is -0.0234. The molecule has 4 atom stereocenters. The Kier molecular flexibility index (Phi) is 6.37. The number of benzene rings is 2. The molecule has 2 N–H and O–H groups in total. The van der Waals surface area contributed by atoms with Gasteiger partial charge in [0.05, 0.1) is 12.5 Å². The van der Waals surface area contributed by atoms with Crippen LogP contribution in [-0.2, 0) is 16.0 Å². The summed E-state index contributed by atoms with van der Waals surface area (Å²) in [6.07, 6.45) is 3.90. The standard InChI is InChI=1S/C23H26ClIN2O2/c1-27-17-7-9-21(27)22(18(13-17)15-3-5-16(24)6-4-15)23(28)29-11-10-14-2-8-20(26)19(25)12-14/h2-6,8,12,17-18,21-22H,7,9-11,13,26H2,1H3/t17?,18-,21?,22+/m1/s1. The number of carbonyl (C=O) groups excluding carboxylic acids is 1. The van der Waals surface area contributed by atoms with E-state index in [-0.39, 0.29) is 23.8 Å². The predicted molar refractivity (Wildman–Crippen MR) is 125 cm³/mol. The molecule has 2 fully saturated rings. The molecule has 6 heteroatoms. The minimum Gasteiger partial charge on any atom is -0.465 e. The van der Waals surface area contributed by atoms with Crippen molar-refractivity contribution in [2.75, 3.05) is 19.4 Å². The molecule has 0 amide bonds. The summed E-state index contributed by atoms with van der Waals surface area (Å²) in [5, 5.41) is 0.724. The molecule has 2 saturated heterocycles. The number of nitrogens with zero attached hydrogens (tertiary/aromatic N) is 1. The average molecular weight is 525 g/mol. The quantitative estimate of drug-likeness (QED) is 0.344. The Morgan fingerprint density at radius 1 is 1.24 bits per heavy atom. The lowest BCUT2D eigenvalue weighted by Crippen LogP contribution is -2.49. The number of esters is 1. The fourth-order valence-electron chi connectivity index (χ4n) is 4.93. The predicted octanol–water partition coefficient (Wildman–Crippen LogP) is 4.88. The second-order valence-corrected chi connectivity index (χ2v) is 9.76. The Labute approximate surface area is 190 Å². The van der Waals surface area contributed by atoms with E-state index in [1.54, 1.807) is 0 Å². The first-order valence-electron chi connectivity index (χ1n) is 10.1. The summed E-state index contributed by atoms with van der Waals surface area (Å²) in [7, 11) is 2.15. The van der Waals surface area contributed by atoms with Crippen molar-refractivity contribution in [2.45, 2.75) is 43.7 Å². The number of piperidine rings is 1. The van der Waals surface area contributed by atoms with Crippen LogP contribution in [0.4, 0.5) is 5.69 Å². The Balaban J connectivity index is 1.47. The smallest absolute Gasteiger partial charge is 0.311 e. The molecule has 0 aliphatic carbocycles. The highest BCUT2D eigenvalue weighted by atomic mass is 127. The molecule has 0 aromatic heterocycles. The maximum atomic E-state index is 13.2. The summed E-state index contributed by atoms with van der Waals surface area (Å²) >= 11 is 8.31. The van der Waals surface area contributed by atoms with Crippen molar-refractivity contribution in [1.82, 2.24) is 4.90 Å². The Bertz CT molecular complexity index is 889. The summed E-state index contributed by atoms with van der Waals surface area (Å²) in [6.45, 7) is 0.391. The van der Waals surface area contributed by atoms with Gasteiger partial charge in [0.2, 0.25) is 0 Å². The van der Waals surface area contributed by atoms with Crippen LogP contribution < -0.4 is 5.73 Å². The van der Waals surface area contributed by atoms with E-state index in [0.29, 0.717) is 19.1 Å². The Hall–Kier alpha value is -1.31. The largest absolute Gasteiger partial charge is 0.465 e. The van der Waals surface area contributed by atoms with E-state index in [2.05, 4.69) is 52.7 Å². The molecule has 0 saturated carbocycles. The fourth-order valence-corrected chi connectivity index (χ4v) is 5.64. The molecular weight excluding hydrogens is 499 g/mol. The van der Waals surface area contributed by atoms with Crippen molar-refractivity contribution in [3.63, 3.8) is 0 Å². The molecule has 2 aliphatic rings. The molecule has 29 heavy (non-hydrogen) atoms. The van der Waals surface area contributed by atoms with Gasteiger partial charge in [-0.05, 0) is 84.3 Å². The normalized spacial score (nSPS) is 26.4. The van der Waals surface area contributed by atoms with E-state index in [1.165, 1.54) is 5.56 Å². The fraction of sp³-hybridized carbons (Fsp3) is 0.435. The number of carbonyl (C=O) groups is 1. The molecule has 154 valence electrons. The van der Waals surface area contributed by atoms with Gasteiger partial charge in [0.25, 0.3) is 0 Å². The van der Waals surface area contributed by atoms with E-state index in [9.17, 15) is 4.79 Å². The number of nitrogen functional groups attached to an aromatic ring is 1. The first-order chi connectivity index (χ1) is 13.9. The molecule has 4 rings (SSSR count). The Morgan fingerprint density at radius 2 is 2.00 bits per heavy atom. The van der Waals surface area contributed by atoms with E-state index < -0.39 is 0 Å². The van der Waals surface area contributed by atoms with Gasteiger partial charge < -0.3 is 10.5 Å². The lowest BCUT2D eigenvalue weighted by Gasteiger charge is -2.42. The summed E-state index contributed by atoms with van der Waals surface area (Å²) in [4.78, 5) is 15.6. The van der Waals surface area contributed by atoms with Crippen LogP contribution in [0.3, 0.4) is 0 Å². The number of hydrogen-bond acceptors (Lipinski definition) is 4. The highest BCUT2D eigenvalue weighted by Gasteiger charge is 2.49. The summed E-state index contributed by atoms with van der Waals surface area (Å²) < 4.78 is 6.83. The van der Waals surface area contributed by atoms with Crippen LogP contribution in [0.2, 0.25) is 5.02 Å². The number of fused-ring (bicyclic) bond motifs is 2. The van der Waals surface area contributed by atoms with Crippen molar-refractivity contribution in [3.05, 3.63) is 62.2 Å². The number of anilines is 1. The topological polar surface area (TPSA) is 55.6 Å². The van der Waals surface area contributed by atoms with Crippen LogP contribution >= 0.6 is 34.2 Å². The zero-order valence-electron chi connectivity index (χ0n) is 16.5. The van der Waals surface area contributed by atoms with Gasteiger partial charge in [0.15, 0.2) is 0 Å². The molecule has 0 spiro atoms. The third kappa shape index (κ3) is 4.42. The van der Waals surface area contributed by atoms with Gasteiger partial charge in [-0.1, -0.05) is 29.8 Å². The molecule has 2 bridgehead atoms. The van der Waals surface area contributed by atoms with Crippen molar-refractivity contribution < 1.29 is 9.53 Å². The van der Waals surface area contributed by atoms with Gasteiger partial charge in [0.1, 0.15) is 0 Å². The van der Waals surface area contributed by atoms with Gasteiger partial charge in [0, 0.05) is 38.7 Å². The van der Waals surface area contributed by atoms with Gasteiger partial charge in [-0.2, -0.15) is 0 Å². The van der Waals surface area contributed by atoms with Crippen LogP contribution in [0, 0.1) is 9.49 Å². The molecular formula is C23H26ClIN2O2. The second kappa shape index (κ2) is 8.82. The first-order valence-corrected chi connectivity index (χ1v) is 11.6. The van der Waals surface area contributed by atoms with Gasteiger partial charge in [-0.25, -0.2) is 0 Å². The molecule has 2 aliphatic heterocycles. The van der Waals surface area contributed by atoms with E-state index in [0.717, 1.165) is 39.1 Å². The maximum absolute atomic E-state index is 13.2. The molecule has 2 aromatic rings. The minimum absolute atomic E-state index is 0.0766. The van der Waals surface area contributed by atoms with Crippen molar-refractivity contribution in [3.8, 4) is 0 Å². The zero-order chi connectivity index (χ0) is 20.5. The van der Waals surface area contributed by atoms with Gasteiger partial charge in [-0.15, -0.1) is 0 Å². The van der Waals surface area contributed by atoms with Gasteiger partial charge >= 0.3 is 5.97 Å². The van der Waals surface area contributed by atoms with Crippen molar-refractivity contribution in [1.29, 1.82) is 0 Å². The van der Waals surface area contributed by atoms with Gasteiger partial charge in [-0.3, -0.25) is 9.69 Å². The maximum Gasteiger partial charge on any atom is 0.311 e. The number of hydrogen-bond donors (Lipinski definition) is 1. The number of rotatable bonds is 5. The number of ether oxygens (including phenoxy) is 1. The lowest BCUT2D eigenvalue weighted by molar-refractivity contribution is -0.153. The SMILES string of the molecule is CN1C2CCC1[C@@H](C(=O)OCCc1ccc(N)c(I)c1)[C@@H](c1ccc(Cl)cc1)C2. The molecule has 4 nitrogen and oxygen atoms in total. The van der Waals surface area contributed by atoms with Crippen LogP contribution in [0.5, 0.6) is 0 Å². The van der Waals surface area contributed by atoms with E-state index in [1.807, 2.05) is 24.3 Å². The number of nitrogens with two attached hydrogens (primary N) is 1. The van der Waals surface area contributed by atoms with Crippen molar-refractivity contribution in [2.24, 2.45) is 5.92 Å². The third-order valence-corrected chi connectivity index (χ3v) is 7.73. The summed E-state index contributed by atoms with van der Waals surface area (Å²) in [5.41, 5.74) is 8.98. The highest BCUT2D eigenvalue weighted by molar-refractivity contribution is 14.1. The Morgan fingerprint density at radius 3 is 2.72 bits per heavy atom. The van der Waals surface area contributed by atoms with Crippen molar-refractivity contribution >= 4 is 45.8 Å². The molecule has 2 aromatic carbocycles. The van der Waals surface area contributed by atoms with Crippen LogP contribution in [0.1, 0.15) is 36.3 Å². The van der Waals surface area contributed by atoms with Crippen LogP contribution in [0.15, 0.2) is 42.5 Å². The summed E-state index contributed by atoms with van der Waals surface area (Å²) in [6, 6.07) is 14.7. The highest BCUT2D eigenvalue weighted by Crippen LogP contribution is 2.46. The minimum atomic E-state index is -0.133. The molecule has 2 heterocycles. The lowest BCUT2D eigenvalue weighted by atomic mass is 9.76. The van der Waals surface area contributed by atoms with E-state index in [4.69, 9.17) is 22.1 Å². The second-order valence-electron chi connectivity index (χ2n) is 8.16. The van der Waals surface area contributed by atoms with Crippen LogP contribution in [0.25, 0.3) is 0 Å². The van der Waals surface area contributed by atoms with E-state index >= 15 is 0 Å². The monoisotopic (exact) mass is 524 g/mol. The number of halogens is 2.